The van der Waals surface area contributed by atoms with Crippen molar-refractivity contribution in [3.63, 3.8) is 0 Å². The molecule has 2 aliphatic rings. The second kappa shape index (κ2) is 5.16. The number of aliphatic hydroxyl groups excluding tert-OH is 1. The first-order valence-electron chi connectivity index (χ1n) is 6.80. The smallest absolute Gasteiger partial charge is 0.257 e. The van der Waals surface area contributed by atoms with Crippen LogP contribution in [0.4, 0.5) is 0 Å². The molecule has 3 rings (SSSR count). The molecule has 0 aromatic carbocycles. The molecule has 0 aliphatic carbocycles. The van der Waals surface area contributed by atoms with Crippen molar-refractivity contribution in [1.29, 1.82) is 0 Å². The molecule has 20 heavy (non-hydrogen) atoms. The van der Waals surface area contributed by atoms with Gasteiger partial charge in [0, 0.05) is 19.6 Å². The molecule has 1 spiro atoms. The predicted octanol–water partition coefficient (Wildman–Crippen LogP) is -0.151. The van der Waals surface area contributed by atoms with E-state index in [1.807, 2.05) is 6.92 Å². The number of carbonyl (C=O) groups is 1. The lowest BCUT2D eigenvalue weighted by molar-refractivity contribution is -0.172. The number of aromatic nitrogens is 2. The summed E-state index contributed by atoms with van der Waals surface area (Å²) in [6, 6.07) is 0. The van der Waals surface area contributed by atoms with Gasteiger partial charge in [0.2, 0.25) is 0 Å². The van der Waals surface area contributed by atoms with Crippen molar-refractivity contribution in [2.45, 2.75) is 31.2 Å². The average Bonchev–Trinajstić information content (AvgIpc) is 3.08. The summed E-state index contributed by atoms with van der Waals surface area (Å²) in [5, 5.41) is 10.1. The summed E-state index contributed by atoms with van der Waals surface area (Å²) >= 11 is 0. The van der Waals surface area contributed by atoms with Crippen LogP contribution >= 0.6 is 0 Å². The van der Waals surface area contributed by atoms with Gasteiger partial charge in [-0.1, -0.05) is 0 Å². The number of hydrogen-bond donors (Lipinski definition) is 2. The van der Waals surface area contributed by atoms with Crippen molar-refractivity contribution in [3.8, 4) is 0 Å². The van der Waals surface area contributed by atoms with E-state index in [0.29, 0.717) is 32.0 Å². The van der Waals surface area contributed by atoms with Crippen molar-refractivity contribution >= 4 is 5.91 Å². The van der Waals surface area contributed by atoms with Crippen LogP contribution in [-0.2, 0) is 14.3 Å². The molecular formula is C13H19N3O4. The average molecular weight is 281 g/mol. The number of imidazole rings is 1. The Morgan fingerprint density at radius 2 is 2.55 bits per heavy atom. The van der Waals surface area contributed by atoms with Crippen LogP contribution in [0.25, 0.3) is 0 Å². The predicted molar refractivity (Wildman–Crippen MR) is 68.8 cm³/mol. The number of nitrogens with zero attached hydrogens (tertiary/aromatic N) is 2. The lowest BCUT2D eigenvalue weighted by Gasteiger charge is -2.43. The molecule has 110 valence electrons. The first-order valence-corrected chi connectivity index (χ1v) is 6.80. The highest BCUT2D eigenvalue weighted by atomic mass is 16.6. The van der Waals surface area contributed by atoms with E-state index in [4.69, 9.17) is 9.47 Å². The van der Waals surface area contributed by atoms with Crippen LogP contribution in [0.1, 0.15) is 25.1 Å². The van der Waals surface area contributed by atoms with Crippen LogP contribution in [-0.4, -0.2) is 63.9 Å². The number of hydrogen-bond acceptors (Lipinski definition) is 5. The number of carbonyl (C=O) groups excluding carboxylic acids is 1. The van der Waals surface area contributed by atoms with Crippen LogP contribution < -0.4 is 0 Å². The van der Waals surface area contributed by atoms with Crippen LogP contribution in [0.2, 0.25) is 0 Å². The molecule has 7 nitrogen and oxygen atoms in total. The third-order valence-electron chi connectivity index (χ3n) is 3.83. The largest absolute Gasteiger partial charge is 0.378 e. The molecule has 0 bridgehead atoms. The van der Waals surface area contributed by atoms with E-state index >= 15 is 0 Å². The molecule has 3 unspecified atom stereocenters. The van der Waals surface area contributed by atoms with Crippen LogP contribution in [0, 0.1) is 0 Å². The van der Waals surface area contributed by atoms with Gasteiger partial charge in [-0.15, -0.1) is 0 Å². The Kier molecular flexibility index (Phi) is 3.49. The minimum atomic E-state index is -1.21. The summed E-state index contributed by atoms with van der Waals surface area (Å²) < 4.78 is 11.4. The topological polar surface area (TPSA) is 87.7 Å². The molecule has 2 aliphatic heterocycles. The maximum Gasteiger partial charge on any atom is 0.257 e. The Balaban J connectivity index is 1.74. The highest BCUT2D eigenvalue weighted by Gasteiger charge is 2.45. The van der Waals surface area contributed by atoms with Crippen LogP contribution in [0.5, 0.6) is 0 Å². The molecule has 0 radical (unpaired) electrons. The number of aromatic amines is 1. The lowest BCUT2D eigenvalue weighted by Crippen LogP contribution is -2.57. The molecule has 0 saturated carbocycles. The van der Waals surface area contributed by atoms with Gasteiger partial charge >= 0.3 is 0 Å². The maximum absolute atomic E-state index is 12.4. The second-order valence-corrected chi connectivity index (χ2v) is 5.54. The zero-order valence-electron chi connectivity index (χ0n) is 11.4. The fourth-order valence-corrected chi connectivity index (χ4v) is 2.92. The molecule has 3 atom stereocenters. The summed E-state index contributed by atoms with van der Waals surface area (Å²) in [5.41, 5.74) is -0.00743. The normalized spacial score (nSPS) is 31.7. The van der Waals surface area contributed by atoms with Gasteiger partial charge in [0.15, 0.2) is 6.10 Å². The molecule has 2 N–H and O–H groups in total. The van der Waals surface area contributed by atoms with Crippen LogP contribution in [0.3, 0.4) is 0 Å². The molecule has 2 saturated heterocycles. The Morgan fingerprint density at radius 1 is 1.70 bits per heavy atom. The fraction of sp³-hybridized carbons (Fsp3) is 0.692. The van der Waals surface area contributed by atoms with E-state index in [-0.39, 0.29) is 12.0 Å². The van der Waals surface area contributed by atoms with Gasteiger partial charge in [0.05, 0.1) is 37.5 Å². The standard InChI is InChI=1S/C13H19N3O4/c1-9-5-16(6-13(20-9)2-3-19-7-13)12(18)11(17)10-4-14-8-15-10/h4,8-9,11,17H,2-3,5-7H2,1H3,(H,14,15). The first-order chi connectivity index (χ1) is 9.60. The maximum atomic E-state index is 12.4. The third kappa shape index (κ3) is 2.44. The zero-order valence-corrected chi connectivity index (χ0v) is 11.4. The van der Waals surface area contributed by atoms with E-state index in [2.05, 4.69) is 9.97 Å². The monoisotopic (exact) mass is 281 g/mol. The minimum absolute atomic E-state index is 0.0663. The Bertz CT molecular complexity index is 470. The van der Waals surface area contributed by atoms with Gasteiger partial charge < -0.3 is 24.5 Å². The van der Waals surface area contributed by atoms with Crippen LogP contribution in [0.15, 0.2) is 12.5 Å². The van der Waals surface area contributed by atoms with E-state index < -0.39 is 11.7 Å². The summed E-state index contributed by atoms with van der Waals surface area (Å²) in [7, 11) is 0. The highest BCUT2D eigenvalue weighted by molar-refractivity contribution is 5.81. The van der Waals surface area contributed by atoms with Crippen molar-refractivity contribution in [2.75, 3.05) is 26.3 Å². The van der Waals surface area contributed by atoms with E-state index in [0.717, 1.165) is 6.42 Å². The molecule has 7 heteroatoms. The number of rotatable bonds is 2. The Hall–Kier alpha value is -1.44. The van der Waals surface area contributed by atoms with E-state index in [1.165, 1.54) is 12.5 Å². The number of morpholine rings is 1. The number of ether oxygens (including phenoxy) is 2. The van der Waals surface area contributed by atoms with E-state index in [9.17, 15) is 9.90 Å². The van der Waals surface area contributed by atoms with Gasteiger partial charge in [-0.25, -0.2) is 4.98 Å². The fourth-order valence-electron chi connectivity index (χ4n) is 2.92. The molecule has 1 aromatic heterocycles. The molecule has 2 fully saturated rings. The van der Waals surface area contributed by atoms with Crippen molar-refractivity contribution in [3.05, 3.63) is 18.2 Å². The summed E-state index contributed by atoms with van der Waals surface area (Å²) in [6.07, 6.45) is 2.41. The number of amides is 1. The van der Waals surface area contributed by atoms with Gasteiger partial charge in [-0.05, 0) is 6.92 Å². The Morgan fingerprint density at radius 3 is 3.20 bits per heavy atom. The van der Waals surface area contributed by atoms with Gasteiger partial charge in [0.1, 0.15) is 5.60 Å². The van der Waals surface area contributed by atoms with Gasteiger partial charge in [0.25, 0.3) is 5.91 Å². The SMILES string of the molecule is CC1CN(C(=O)C(O)c2cnc[nH]2)CC2(CCOC2)O1. The Labute approximate surface area is 116 Å². The number of aliphatic hydroxyl groups is 1. The van der Waals surface area contributed by atoms with Gasteiger partial charge in [-0.2, -0.15) is 0 Å². The summed E-state index contributed by atoms with van der Waals surface area (Å²) in [6.45, 7) is 4.02. The molecule has 1 amide bonds. The quantitative estimate of drug-likeness (QED) is 0.787. The van der Waals surface area contributed by atoms with Crippen molar-refractivity contribution in [2.24, 2.45) is 0 Å². The molecule has 3 heterocycles. The number of nitrogens with one attached hydrogen (secondary N) is 1. The second-order valence-electron chi connectivity index (χ2n) is 5.54. The van der Waals surface area contributed by atoms with Crippen molar-refractivity contribution < 1.29 is 19.4 Å². The van der Waals surface area contributed by atoms with Gasteiger partial charge in [-0.3, -0.25) is 4.79 Å². The molecule has 1 aromatic rings. The van der Waals surface area contributed by atoms with E-state index in [1.54, 1.807) is 4.90 Å². The third-order valence-corrected chi connectivity index (χ3v) is 3.83. The van der Waals surface area contributed by atoms with Crippen molar-refractivity contribution in [1.82, 2.24) is 14.9 Å². The summed E-state index contributed by atoms with van der Waals surface area (Å²) in [5.74, 6) is -0.323. The first kappa shape index (κ1) is 13.5. The molecular weight excluding hydrogens is 262 g/mol. The lowest BCUT2D eigenvalue weighted by atomic mass is 9.98. The minimum Gasteiger partial charge on any atom is -0.378 e. The summed E-state index contributed by atoms with van der Waals surface area (Å²) in [4.78, 5) is 20.7. The number of H-pyrrole nitrogens is 1. The highest BCUT2D eigenvalue weighted by Crippen LogP contribution is 2.31. The zero-order chi connectivity index (χ0) is 14.2.